The van der Waals surface area contributed by atoms with Crippen molar-refractivity contribution in [2.24, 2.45) is 0 Å². The molecule has 0 spiro atoms. The van der Waals surface area contributed by atoms with Crippen molar-refractivity contribution >= 4 is 22.7 Å². The average molecular weight is 350 g/mol. The fourth-order valence-corrected chi connectivity index (χ4v) is 3.08. The number of allylic oxidation sites excluding steroid dienone is 1. The van der Waals surface area contributed by atoms with Gasteiger partial charge in [-0.2, -0.15) is 0 Å². The molecule has 4 rings (SSSR count). The van der Waals surface area contributed by atoms with Crippen molar-refractivity contribution < 1.29 is 23.1 Å². The summed E-state index contributed by atoms with van der Waals surface area (Å²) < 4.78 is 22.7. The van der Waals surface area contributed by atoms with Crippen LogP contribution < -0.4 is 0 Å². The van der Waals surface area contributed by atoms with Crippen molar-refractivity contribution in [2.75, 3.05) is 6.61 Å². The van der Waals surface area contributed by atoms with Crippen molar-refractivity contribution in [1.29, 1.82) is 0 Å². The third-order valence-electron chi connectivity index (χ3n) is 4.30. The molecule has 5 nitrogen and oxygen atoms in total. The van der Waals surface area contributed by atoms with E-state index in [4.69, 9.17) is 18.3 Å². The molecule has 0 saturated heterocycles. The molecule has 0 bridgehead atoms. The van der Waals surface area contributed by atoms with Crippen LogP contribution in [0.4, 0.5) is 0 Å². The molecule has 0 amide bonds. The molecule has 0 atom stereocenters. The highest BCUT2D eigenvalue weighted by Crippen LogP contribution is 2.35. The number of benzene rings is 1. The van der Waals surface area contributed by atoms with Gasteiger partial charge in [0.25, 0.3) is 0 Å². The Morgan fingerprint density at radius 1 is 1.12 bits per heavy atom. The second-order valence-electron chi connectivity index (χ2n) is 6.29. The van der Waals surface area contributed by atoms with E-state index in [0.717, 1.165) is 33.4 Å². The second kappa shape index (κ2) is 6.26. The Bertz CT molecular complexity index is 1050. The summed E-state index contributed by atoms with van der Waals surface area (Å²) in [4.78, 5) is 11.4. The van der Waals surface area contributed by atoms with E-state index in [9.17, 15) is 4.79 Å². The van der Waals surface area contributed by atoms with Gasteiger partial charge in [0, 0.05) is 29.0 Å². The molecule has 0 saturated carbocycles. The Hall–Kier alpha value is -3.21. The lowest BCUT2D eigenvalue weighted by Crippen LogP contribution is -2.13. The van der Waals surface area contributed by atoms with Crippen LogP contribution in [0.5, 0.6) is 0 Å². The highest BCUT2D eigenvalue weighted by atomic mass is 16.5. The Kier molecular flexibility index (Phi) is 3.92. The molecule has 5 heteroatoms. The standard InChI is InChI=1S/C21H18O5/c1-12-11-24-21(13(2)20(12)25-14(3)22)19-10-16-7-6-15(9-18(16)26-19)17-5-4-8-23-17/h4-10H,11H2,1-3H3. The summed E-state index contributed by atoms with van der Waals surface area (Å²) in [5.74, 6) is 2.17. The molecule has 0 radical (unpaired) electrons. The third-order valence-corrected chi connectivity index (χ3v) is 4.30. The molecule has 3 heterocycles. The number of furan rings is 2. The van der Waals surface area contributed by atoms with Crippen LogP contribution in [0.15, 0.2) is 68.4 Å². The van der Waals surface area contributed by atoms with Crippen LogP contribution in [0.2, 0.25) is 0 Å². The van der Waals surface area contributed by atoms with Crippen molar-refractivity contribution in [2.45, 2.75) is 20.8 Å². The Morgan fingerprint density at radius 3 is 2.69 bits per heavy atom. The minimum absolute atomic E-state index is 0.351. The monoisotopic (exact) mass is 350 g/mol. The lowest BCUT2D eigenvalue weighted by atomic mass is 10.1. The quantitative estimate of drug-likeness (QED) is 0.601. The van der Waals surface area contributed by atoms with Crippen LogP contribution in [0.3, 0.4) is 0 Å². The van der Waals surface area contributed by atoms with E-state index in [1.807, 2.05) is 50.2 Å². The number of carbonyl (C=O) groups excluding carboxylic acids is 1. The molecule has 0 unspecified atom stereocenters. The van der Waals surface area contributed by atoms with Crippen molar-refractivity contribution in [3.05, 3.63) is 65.3 Å². The molecule has 1 aliphatic heterocycles. The Labute approximate surface area is 150 Å². The zero-order valence-electron chi connectivity index (χ0n) is 14.8. The van der Waals surface area contributed by atoms with Gasteiger partial charge in [0.15, 0.2) is 11.5 Å². The maximum atomic E-state index is 11.4. The van der Waals surface area contributed by atoms with E-state index in [1.54, 1.807) is 6.26 Å². The number of esters is 1. The zero-order valence-corrected chi connectivity index (χ0v) is 14.8. The average Bonchev–Trinajstić information content (AvgIpc) is 3.27. The molecule has 0 fully saturated rings. The first-order chi connectivity index (χ1) is 12.5. The first kappa shape index (κ1) is 16.3. The fraction of sp³-hybridized carbons (Fsp3) is 0.190. The summed E-state index contributed by atoms with van der Waals surface area (Å²) in [5, 5.41) is 0.958. The van der Waals surface area contributed by atoms with E-state index < -0.39 is 0 Å². The molecule has 132 valence electrons. The maximum Gasteiger partial charge on any atom is 0.308 e. The molecule has 26 heavy (non-hydrogen) atoms. The summed E-state index contributed by atoms with van der Waals surface area (Å²) in [5.41, 5.74) is 3.29. The molecule has 1 aromatic carbocycles. The van der Waals surface area contributed by atoms with Crippen LogP contribution in [0.1, 0.15) is 26.5 Å². The van der Waals surface area contributed by atoms with Gasteiger partial charge in [-0.05, 0) is 38.1 Å². The number of ether oxygens (including phenoxy) is 2. The van der Waals surface area contributed by atoms with Crippen molar-refractivity contribution in [3.63, 3.8) is 0 Å². The lowest BCUT2D eigenvalue weighted by Gasteiger charge is -2.21. The number of carbonyl (C=O) groups is 1. The number of hydrogen-bond donors (Lipinski definition) is 0. The van der Waals surface area contributed by atoms with Crippen molar-refractivity contribution in [3.8, 4) is 11.3 Å². The summed E-state index contributed by atoms with van der Waals surface area (Å²) >= 11 is 0. The highest BCUT2D eigenvalue weighted by Gasteiger charge is 2.24. The molecular weight excluding hydrogens is 332 g/mol. The van der Waals surface area contributed by atoms with Crippen molar-refractivity contribution in [1.82, 2.24) is 0 Å². The topological polar surface area (TPSA) is 61.8 Å². The molecular formula is C21H18O5. The SMILES string of the molecule is CC(=O)OC1=C(C)COC(c2cc3ccc(-c4ccco4)cc3o2)=C1C. The van der Waals surface area contributed by atoms with Gasteiger partial charge in [-0.15, -0.1) is 0 Å². The van der Waals surface area contributed by atoms with Crippen LogP contribution >= 0.6 is 0 Å². The van der Waals surface area contributed by atoms with Gasteiger partial charge in [-0.3, -0.25) is 4.79 Å². The lowest BCUT2D eigenvalue weighted by molar-refractivity contribution is -0.136. The van der Waals surface area contributed by atoms with Gasteiger partial charge in [-0.1, -0.05) is 12.1 Å². The second-order valence-corrected chi connectivity index (χ2v) is 6.29. The summed E-state index contributed by atoms with van der Waals surface area (Å²) in [6.45, 7) is 5.48. The smallest absolute Gasteiger partial charge is 0.308 e. The molecule has 2 aromatic heterocycles. The van der Waals surface area contributed by atoms with E-state index >= 15 is 0 Å². The van der Waals surface area contributed by atoms with Gasteiger partial charge in [0.1, 0.15) is 23.7 Å². The molecule has 0 aliphatic carbocycles. The van der Waals surface area contributed by atoms with Gasteiger partial charge in [-0.25, -0.2) is 0 Å². The number of hydrogen-bond acceptors (Lipinski definition) is 5. The molecule has 0 N–H and O–H groups in total. The van der Waals surface area contributed by atoms with Gasteiger partial charge in [0.2, 0.25) is 0 Å². The summed E-state index contributed by atoms with van der Waals surface area (Å²) in [6.07, 6.45) is 1.64. The first-order valence-corrected chi connectivity index (χ1v) is 8.33. The minimum atomic E-state index is -0.354. The Balaban J connectivity index is 1.76. The maximum absolute atomic E-state index is 11.4. The van der Waals surface area contributed by atoms with Crippen LogP contribution in [-0.2, 0) is 14.3 Å². The predicted molar refractivity (Wildman–Crippen MR) is 96.9 cm³/mol. The van der Waals surface area contributed by atoms with Crippen LogP contribution in [0, 0.1) is 0 Å². The summed E-state index contributed by atoms with van der Waals surface area (Å²) in [7, 11) is 0. The van der Waals surface area contributed by atoms with Gasteiger partial charge >= 0.3 is 5.97 Å². The van der Waals surface area contributed by atoms with Crippen LogP contribution in [0.25, 0.3) is 28.1 Å². The molecule has 3 aromatic rings. The summed E-state index contributed by atoms with van der Waals surface area (Å²) in [6, 6.07) is 11.6. The first-order valence-electron chi connectivity index (χ1n) is 8.33. The van der Waals surface area contributed by atoms with E-state index in [-0.39, 0.29) is 5.97 Å². The Morgan fingerprint density at radius 2 is 1.96 bits per heavy atom. The number of fused-ring (bicyclic) bond motifs is 1. The third kappa shape index (κ3) is 2.81. The minimum Gasteiger partial charge on any atom is -0.485 e. The fourth-order valence-electron chi connectivity index (χ4n) is 3.08. The number of rotatable bonds is 3. The van der Waals surface area contributed by atoms with E-state index in [1.165, 1.54) is 6.92 Å². The zero-order chi connectivity index (χ0) is 18.3. The van der Waals surface area contributed by atoms with Gasteiger partial charge < -0.3 is 18.3 Å². The normalized spacial score (nSPS) is 14.7. The van der Waals surface area contributed by atoms with E-state index in [2.05, 4.69) is 0 Å². The van der Waals surface area contributed by atoms with E-state index in [0.29, 0.717) is 23.9 Å². The highest BCUT2D eigenvalue weighted by molar-refractivity contribution is 5.85. The largest absolute Gasteiger partial charge is 0.485 e. The predicted octanol–water partition coefficient (Wildman–Crippen LogP) is 5.29. The van der Waals surface area contributed by atoms with Crippen LogP contribution in [-0.4, -0.2) is 12.6 Å². The molecule has 1 aliphatic rings. The van der Waals surface area contributed by atoms with Gasteiger partial charge in [0.05, 0.1) is 6.26 Å².